The maximum Gasteiger partial charge on any atom is 0.345 e. The molecule has 0 fully saturated rings. The maximum absolute atomic E-state index is 11.2. The molecule has 0 unspecified atom stereocenters. The number of hydrogen-bond acceptors (Lipinski definition) is 4. The minimum absolute atomic E-state index is 0.159. The van der Waals surface area contributed by atoms with Crippen LogP contribution in [0.1, 0.15) is 36.1 Å². The average molecular weight is 301 g/mol. The minimum atomic E-state index is -0.905. The van der Waals surface area contributed by atoms with Crippen molar-refractivity contribution in [1.29, 1.82) is 0 Å². The Morgan fingerprint density at radius 2 is 1.95 bits per heavy atom. The first kappa shape index (κ1) is 13.8. The second-order valence-corrected chi connectivity index (χ2v) is 6.88. The molecule has 0 aliphatic carbocycles. The van der Waals surface area contributed by atoms with Gasteiger partial charge in [-0.3, -0.25) is 4.98 Å². The summed E-state index contributed by atoms with van der Waals surface area (Å²) < 4.78 is 1.80. The van der Waals surface area contributed by atoms with Gasteiger partial charge in [0.15, 0.2) is 0 Å². The zero-order chi connectivity index (χ0) is 15.2. The van der Waals surface area contributed by atoms with Crippen molar-refractivity contribution in [2.45, 2.75) is 26.2 Å². The van der Waals surface area contributed by atoms with Gasteiger partial charge >= 0.3 is 5.97 Å². The number of carboxylic acid groups (broad SMARTS) is 1. The Kier molecular flexibility index (Phi) is 3.06. The average Bonchev–Trinajstić information content (AvgIpc) is 2.96. The predicted molar refractivity (Wildman–Crippen MR) is 82.4 cm³/mol. The third kappa shape index (κ3) is 2.31. The summed E-state index contributed by atoms with van der Waals surface area (Å²) in [5.74, 6) is -0.905. The van der Waals surface area contributed by atoms with Gasteiger partial charge < -0.3 is 5.11 Å². The van der Waals surface area contributed by atoms with Crippen molar-refractivity contribution in [3.05, 3.63) is 41.2 Å². The van der Waals surface area contributed by atoms with Gasteiger partial charge in [-0.1, -0.05) is 20.8 Å². The molecule has 3 rings (SSSR count). The summed E-state index contributed by atoms with van der Waals surface area (Å²) in [4.78, 5) is 16.4. The second-order valence-electron chi connectivity index (χ2n) is 5.85. The standard InChI is InChI=1S/C15H15N3O2S/c1-15(2,3)12-10-8-11(14(19)20)21-13(10)18(17-12)9-4-6-16-7-5-9/h4-8H,1-3H3,(H,19,20). The third-order valence-electron chi connectivity index (χ3n) is 3.19. The Bertz CT molecular complexity index is 813. The molecule has 0 atom stereocenters. The Morgan fingerprint density at radius 1 is 1.29 bits per heavy atom. The molecule has 0 bridgehead atoms. The van der Waals surface area contributed by atoms with Crippen LogP contribution < -0.4 is 0 Å². The van der Waals surface area contributed by atoms with Gasteiger partial charge in [0.2, 0.25) is 0 Å². The molecule has 5 nitrogen and oxygen atoms in total. The number of rotatable bonds is 2. The number of carbonyl (C=O) groups is 1. The Balaban J connectivity index is 2.32. The molecule has 3 aromatic heterocycles. The van der Waals surface area contributed by atoms with Crippen molar-refractivity contribution in [2.24, 2.45) is 0 Å². The van der Waals surface area contributed by atoms with E-state index in [2.05, 4.69) is 25.8 Å². The fourth-order valence-corrected chi connectivity index (χ4v) is 3.20. The van der Waals surface area contributed by atoms with E-state index in [-0.39, 0.29) is 5.41 Å². The van der Waals surface area contributed by atoms with Crippen LogP contribution >= 0.6 is 11.3 Å². The van der Waals surface area contributed by atoms with E-state index in [1.165, 1.54) is 11.3 Å². The highest BCUT2D eigenvalue weighted by Crippen LogP contribution is 2.35. The topological polar surface area (TPSA) is 68.0 Å². The highest BCUT2D eigenvalue weighted by molar-refractivity contribution is 7.20. The van der Waals surface area contributed by atoms with Gasteiger partial charge in [0.25, 0.3) is 0 Å². The van der Waals surface area contributed by atoms with Gasteiger partial charge in [0, 0.05) is 23.2 Å². The molecule has 0 amide bonds. The first-order chi connectivity index (χ1) is 9.88. The Labute approximate surface area is 125 Å². The molecular weight excluding hydrogens is 286 g/mol. The summed E-state index contributed by atoms with van der Waals surface area (Å²) in [6, 6.07) is 5.44. The molecule has 0 spiro atoms. The fourth-order valence-electron chi connectivity index (χ4n) is 2.23. The van der Waals surface area contributed by atoms with Crippen LogP contribution in [0, 0.1) is 0 Å². The van der Waals surface area contributed by atoms with E-state index in [0.29, 0.717) is 4.88 Å². The summed E-state index contributed by atoms with van der Waals surface area (Å²) in [7, 11) is 0. The molecule has 21 heavy (non-hydrogen) atoms. The van der Waals surface area contributed by atoms with E-state index in [9.17, 15) is 9.90 Å². The maximum atomic E-state index is 11.2. The summed E-state index contributed by atoms with van der Waals surface area (Å²) in [5, 5.41) is 14.8. The number of pyridine rings is 1. The lowest BCUT2D eigenvalue weighted by Gasteiger charge is -2.15. The van der Waals surface area contributed by atoms with Crippen LogP contribution in [-0.2, 0) is 5.41 Å². The van der Waals surface area contributed by atoms with Gasteiger partial charge in [0.05, 0.1) is 11.4 Å². The van der Waals surface area contributed by atoms with Gasteiger partial charge in [-0.2, -0.15) is 5.10 Å². The Morgan fingerprint density at radius 3 is 2.52 bits per heavy atom. The fraction of sp³-hybridized carbons (Fsp3) is 0.267. The van der Waals surface area contributed by atoms with E-state index < -0.39 is 5.97 Å². The van der Waals surface area contributed by atoms with Crippen molar-refractivity contribution in [3.63, 3.8) is 0 Å². The van der Waals surface area contributed by atoms with Crippen molar-refractivity contribution in [1.82, 2.24) is 14.8 Å². The lowest BCUT2D eigenvalue weighted by Crippen LogP contribution is -2.13. The molecule has 0 aliphatic heterocycles. The molecule has 1 N–H and O–H groups in total. The van der Waals surface area contributed by atoms with Gasteiger partial charge in [-0.05, 0) is 18.2 Å². The van der Waals surface area contributed by atoms with Crippen LogP contribution in [0.25, 0.3) is 15.9 Å². The quantitative estimate of drug-likeness (QED) is 0.787. The molecule has 3 aromatic rings. The van der Waals surface area contributed by atoms with E-state index >= 15 is 0 Å². The van der Waals surface area contributed by atoms with E-state index in [1.807, 2.05) is 12.1 Å². The largest absolute Gasteiger partial charge is 0.477 e. The summed E-state index contributed by atoms with van der Waals surface area (Å²) in [6.07, 6.45) is 3.40. The van der Waals surface area contributed by atoms with Crippen LogP contribution in [0.5, 0.6) is 0 Å². The van der Waals surface area contributed by atoms with Crippen molar-refractivity contribution in [2.75, 3.05) is 0 Å². The first-order valence-corrected chi connectivity index (χ1v) is 7.36. The molecule has 108 valence electrons. The van der Waals surface area contributed by atoms with Crippen molar-refractivity contribution < 1.29 is 9.90 Å². The summed E-state index contributed by atoms with van der Waals surface area (Å²) in [5.41, 5.74) is 1.62. The van der Waals surface area contributed by atoms with Crippen LogP contribution in [0.3, 0.4) is 0 Å². The minimum Gasteiger partial charge on any atom is -0.477 e. The van der Waals surface area contributed by atoms with Gasteiger partial charge in [0.1, 0.15) is 9.71 Å². The number of nitrogens with zero attached hydrogens (tertiary/aromatic N) is 3. The number of fused-ring (bicyclic) bond motifs is 1. The van der Waals surface area contributed by atoms with Crippen LogP contribution in [0.15, 0.2) is 30.6 Å². The molecule has 0 saturated carbocycles. The normalized spacial score (nSPS) is 12.0. The zero-order valence-electron chi connectivity index (χ0n) is 12.0. The van der Waals surface area contributed by atoms with Crippen LogP contribution in [0.4, 0.5) is 0 Å². The van der Waals surface area contributed by atoms with Gasteiger partial charge in [-0.15, -0.1) is 11.3 Å². The van der Waals surface area contributed by atoms with E-state index in [4.69, 9.17) is 5.10 Å². The zero-order valence-corrected chi connectivity index (χ0v) is 12.8. The molecule has 0 radical (unpaired) electrons. The number of aromatic nitrogens is 3. The molecule has 6 heteroatoms. The SMILES string of the molecule is CC(C)(C)c1nn(-c2ccncc2)c2sc(C(=O)O)cc12. The lowest BCUT2D eigenvalue weighted by atomic mass is 9.91. The molecule has 0 saturated heterocycles. The first-order valence-electron chi connectivity index (χ1n) is 6.54. The highest BCUT2D eigenvalue weighted by Gasteiger charge is 2.25. The predicted octanol–water partition coefficient (Wildman–Crippen LogP) is 3.48. The van der Waals surface area contributed by atoms with Crippen molar-refractivity contribution >= 4 is 27.5 Å². The van der Waals surface area contributed by atoms with Crippen LogP contribution in [0.2, 0.25) is 0 Å². The smallest absolute Gasteiger partial charge is 0.345 e. The van der Waals surface area contributed by atoms with E-state index in [1.54, 1.807) is 23.1 Å². The lowest BCUT2D eigenvalue weighted by molar-refractivity contribution is 0.0702. The summed E-state index contributed by atoms with van der Waals surface area (Å²) >= 11 is 1.24. The highest BCUT2D eigenvalue weighted by atomic mass is 32.1. The number of thiophene rings is 1. The van der Waals surface area contributed by atoms with Crippen LogP contribution in [-0.4, -0.2) is 25.8 Å². The molecule has 0 aliphatic rings. The Hall–Kier alpha value is -2.21. The summed E-state index contributed by atoms with van der Waals surface area (Å²) in [6.45, 7) is 6.22. The number of carboxylic acids is 1. The number of hydrogen-bond donors (Lipinski definition) is 1. The van der Waals surface area contributed by atoms with Crippen molar-refractivity contribution in [3.8, 4) is 5.69 Å². The second kappa shape index (κ2) is 4.66. The third-order valence-corrected chi connectivity index (χ3v) is 4.29. The molecular formula is C15H15N3O2S. The molecule has 0 aromatic carbocycles. The van der Waals surface area contributed by atoms with E-state index in [0.717, 1.165) is 21.6 Å². The monoisotopic (exact) mass is 301 g/mol. The van der Waals surface area contributed by atoms with Gasteiger partial charge in [-0.25, -0.2) is 9.48 Å². The number of aromatic carboxylic acids is 1. The molecule has 3 heterocycles.